The van der Waals surface area contributed by atoms with Crippen LogP contribution in [0.4, 0.5) is 17.1 Å². The number of methoxy groups -OCH3 is 2. The van der Waals surface area contributed by atoms with Crippen molar-refractivity contribution in [2.75, 3.05) is 24.9 Å². The molecule has 12 heteroatoms. The lowest BCUT2D eigenvalue weighted by Crippen LogP contribution is -2.30. The maximum absolute atomic E-state index is 13.5. The normalized spacial score (nSPS) is 11.6. The molecule has 0 aromatic heterocycles. The Morgan fingerprint density at radius 3 is 2.28 bits per heavy atom. The number of rotatable bonds is 13. The topological polar surface area (TPSA) is 149 Å². The molecule has 1 unspecified atom stereocenters. The number of benzene rings is 4. The maximum Gasteiger partial charge on any atom is 0.272 e. The number of carbonyl (C=O) groups is 3. The quantitative estimate of drug-likeness (QED) is 0.0646. The molecule has 3 amide bonds. The molecular formula is C34H32N4O7S. The summed E-state index contributed by atoms with van der Waals surface area (Å²) in [5.74, 6) is -0.277. The highest BCUT2D eigenvalue weighted by atomic mass is 32.2. The molecule has 4 rings (SSSR count). The van der Waals surface area contributed by atoms with Crippen molar-refractivity contribution in [3.05, 3.63) is 124 Å². The number of amides is 3. The summed E-state index contributed by atoms with van der Waals surface area (Å²) < 4.78 is 10.6. The van der Waals surface area contributed by atoms with Crippen molar-refractivity contribution in [1.29, 1.82) is 0 Å². The first-order valence-electron chi connectivity index (χ1n) is 14.1. The van der Waals surface area contributed by atoms with Gasteiger partial charge in [0.25, 0.3) is 17.5 Å². The Morgan fingerprint density at radius 1 is 0.891 bits per heavy atom. The summed E-state index contributed by atoms with van der Waals surface area (Å²) in [6.45, 7) is 1.90. The number of nitrogens with zero attached hydrogens (tertiary/aromatic N) is 1. The second-order valence-corrected chi connectivity index (χ2v) is 11.1. The van der Waals surface area contributed by atoms with Crippen LogP contribution in [-0.4, -0.2) is 42.1 Å². The van der Waals surface area contributed by atoms with E-state index in [-0.39, 0.29) is 17.3 Å². The number of anilines is 2. The Hall–Kier alpha value is -5.62. The van der Waals surface area contributed by atoms with E-state index in [1.54, 1.807) is 66.7 Å². The molecule has 0 heterocycles. The third-order valence-corrected chi connectivity index (χ3v) is 8.00. The van der Waals surface area contributed by atoms with Crippen molar-refractivity contribution in [3.63, 3.8) is 0 Å². The van der Waals surface area contributed by atoms with Crippen LogP contribution in [0.3, 0.4) is 0 Å². The van der Waals surface area contributed by atoms with Crippen molar-refractivity contribution < 1.29 is 28.8 Å². The molecule has 4 aromatic carbocycles. The van der Waals surface area contributed by atoms with Gasteiger partial charge < -0.3 is 25.4 Å². The van der Waals surface area contributed by atoms with Gasteiger partial charge in [0.05, 0.1) is 30.1 Å². The fourth-order valence-electron chi connectivity index (χ4n) is 4.26. The molecule has 0 aliphatic heterocycles. The van der Waals surface area contributed by atoms with Crippen LogP contribution >= 0.6 is 11.8 Å². The van der Waals surface area contributed by atoms with Gasteiger partial charge in [-0.05, 0) is 72.7 Å². The van der Waals surface area contributed by atoms with Crippen molar-refractivity contribution >= 4 is 52.6 Å². The lowest BCUT2D eigenvalue weighted by Gasteiger charge is -2.17. The molecule has 0 bridgehead atoms. The summed E-state index contributed by atoms with van der Waals surface area (Å²) >= 11 is 1.33. The molecule has 0 fully saturated rings. The summed E-state index contributed by atoms with van der Waals surface area (Å²) in [5.41, 5.74) is 1.56. The third-order valence-electron chi connectivity index (χ3n) is 6.64. The minimum Gasteiger partial charge on any atom is -0.497 e. The standard InChI is InChI=1S/C34H32N4O7S/c1-4-31(34(41)36-28-21-26(44-2)17-18-30(28)45-3)46-27-12-8-11-24(20-27)35-33(40)29(37-32(39)23-9-6-5-7-10-23)19-22-13-15-25(16-14-22)38(42)43/h5-21,31H,4H2,1-3H3,(H,35,40)(H,36,41)(H,37,39)/b29-19+. The minimum absolute atomic E-state index is 0.0705. The Labute approximate surface area is 270 Å². The number of nitro benzene ring substituents is 1. The van der Waals surface area contributed by atoms with Gasteiger partial charge in [0, 0.05) is 34.3 Å². The Balaban J connectivity index is 1.52. The third kappa shape index (κ3) is 8.96. The highest BCUT2D eigenvalue weighted by Gasteiger charge is 2.21. The molecule has 0 radical (unpaired) electrons. The van der Waals surface area contributed by atoms with Crippen LogP contribution < -0.4 is 25.4 Å². The number of carbonyl (C=O) groups excluding carboxylic acids is 3. The molecule has 11 nitrogen and oxygen atoms in total. The zero-order valence-corrected chi connectivity index (χ0v) is 26.1. The van der Waals surface area contributed by atoms with E-state index in [9.17, 15) is 24.5 Å². The van der Waals surface area contributed by atoms with Crippen molar-refractivity contribution in [2.24, 2.45) is 0 Å². The van der Waals surface area contributed by atoms with Crippen molar-refractivity contribution in [1.82, 2.24) is 5.32 Å². The predicted molar refractivity (Wildman–Crippen MR) is 178 cm³/mol. The second-order valence-electron chi connectivity index (χ2n) is 9.78. The van der Waals surface area contributed by atoms with E-state index in [1.165, 1.54) is 56.3 Å². The average Bonchev–Trinajstić information content (AvgIpc) is 3.07. The van der Waals surface area contributed by atoms with Gasteiger partial charge in [-0.3, -0.25) is 24.5 Å². The van der Waals surface area contributed by atoms with Gasteiger partial charge in [-0.1, -0.05) is 31.2 Å². The largest absolute Gasteiger partial charge is 0.497 e. The van der Waals surface area contributed by atoms with Gasteiger partial charge in [-0.25, -0.2) is 0 Å². The highest BCUT2D eigenvalue weighted by Crippen LogP contribution is 2.32. The van der Waals surface area contributed by atoms with Crippen LogP contribution in [0, 0.1) is 10.1 Å². The number of non-ortho nitro benzene ring substituents is 1. The molecular weight excluding hydrogens is 608 g/mol. The van der Waals surface area contributed by atoms with Gasteiger partial charge in [0.15, 0.2) is 0 Å². The number of nitro groups is 1. The molecule has 0 spiro atoms. The molecule has 0 saturated heterocycles. The molecule has 0 aliphatic carbocycles. The summed E-state index contributed by atoms with van der Waals surface area (Å²) in [4.78, 5) is 50.9. The first-order valence-corrected chi connectivity index (χ1v) is 15.0. The van der Waals surface area contributed by atoms with Crippen molar-refractivity contribution in [2.45, 2.75) is 23.5 Å². The Kier molecular flexibility index (Phi) is 11.5. The molecule has 3 N–H and O–H groups in total. The van der Waals surface area contributed by atoms with Crippen LogP contribution in [0.15, 0.2) is 108 Å². The van der Waals surface area contributed by atoms with Crippen LogP contribution in [-0.2, 0) is 9.59 Å². The second kappa shape index (κ2) is 15.9. The number of hydrogen-bond donors (Lipinski definition) is 3. The molecule has 0 saturated carbocycles. The van der Waals surface area contributed by atoms with Crippen LogP contribution in [0.5, 0.6) is 11.5 Å². The number of ether oxygens (including phenoxy) is 2. The predicted octanol–water partition coefficient (Wildman–Crippen LogP) is 6.53. The molecule has 4 aromatic rings. The van der Waals surface area contributed by atoms with Crippen LogP contribution in [0.2, 0.25) is 0 Å². The summed E-state index contributed by atoms with van der Waals surface area (Å²) in [6.07, 6.45) is 1.95. The Bertz CT molecular complexity index is 1740. The molecule has 1 atom stereocenters. The van der Waals surface area contributed by atoms with E-state index in [0.717, 1.165) is 4.90 Å². The van der Waals surface area contributed by atoms with E-state index >= 15 is 0 Å². The first kappa shape index (κ1) is 33.3. The molecule has 46 heavy (non-hydrogen) atoms. The number of thioether (sulfide) groups is 1. The minimum atomic E-state index is -0.611. The lowest BCUT2D eigenvalue weighted by molar-refractivity contribution is -0.384. The lowest BCUT2D eigenvalue weighted by atomic mass is 10.1. The fourth-order valence-corrected chi connectivity index (χ4v) is 5.27. The monoisotopic (exact) mass is 640 g/mol. The maximum atomic E-state index is 13.5. The number of hydrogen-bond acceptors (Lipinski definition) is 8. The van der Waals surface area contributed by atoms with E-state index < -0.39 is 22.0 Å². The zero-order valence-electron chi connectivity index (χ0n) is 25.3. The van der Waals surface area contributed by atoms with E-state index in [0.29, 0.717) is 40.4 Å². The summed E-state index contributed by atoms with van der Waals surface area (Å²) in [6, 6.07) is 26.1. The van der Waals surface area contributed by atoms with Crippen LogP contribution in [0.1, 0.15) is 29.3 Å². The van der Waals surface area contributed by atoms with Crippen LogP contribution in [0.25, 0.3) is 6.08 Å². The fraction of sp³-hybridized carbons (Fsp3) is 0.147. The zero-order chi connectivity index (χ0) is 33.1. The van der Waals surface area contributed by atoms with Gasteiger partial charge in [-0.2, -0.15) is 0 Å². The SMILES string of the molecule is CCC(Sc1cccc(NC(=O)/C(=C\c2ccc([N+](=O)[O-])cc2)NC(=O)c2ccccc2)c1)C(=O)Nc1cc(OC)ccc1OC. The first-order chi connectivity index (χ1) is 22.2. The Morgan fingerprint density at radius 2 is 1.63 bits per heavy atom. The highest BCUT2D eigenvalue weighted by molar-refractivity contribution is 8.00. The molecule has 236 valence electrons. The van der Waals surface area contributed by atoms with E-state index in [4.69, 9.17) is 9.47 Å². The van der Waals surface area contributed by atoms with Gasteiger partial charge in [-0.15, -0.1) is 11.8 Å². The van der Waals surface area contributed by atoms with E-state index in [1.807, 2.05) is 13.0 Å². The number of nitrogens with one attached hydrogen (secondary N) is 3. The smallest absolute Gasteiger partial charge is 0.272 e. The van der Waals surface area contributed by atoms with Gasteiger partial charge in [0.1, 0.15) is 17.2 Å². The summed E-state index contributed by atoms with van der Waals surface area (Å²) in [7, 11) is 3.05. The molecule has 0 aliphatic rings. The summed E-state index contributed by atoms with van der Waals surface area (Å²) in [5, 5.41) is 19.0. The van der Waals surface area contributed by atoms with Gasteiger partial charge in [0.2, 0.25) is 5.91 Å². The average molecular weight is 641 g/mol. The van der Waals surface area contributed by atoms with E-state index in [2.05, 4.69) is 16.0 Å². The van der Waals surface area contributed by atoms with Crippen molar-refractivity contribution in [3.8, 4) is 11.5 Å². The van der Waals surface area contributed by atoms with Gasteiger partial charge >= 0.3 is 0 Å².